The fraction of sp³-hybridized carbons (Fsp3) is 0.300. The molecule has 1 N–H and O–H groups in total. The van der Waals surface area contributed by atoms with Crippen LogP contribution in [-0.2, 0) is 18.4 Å². The zero-order valence-electron chi connectivity index (χ0n) is 17.1. The number of benzene rings is 1. The van der Waals surface area contributed by atoms with Gasteiger partial charge in [0.25, 0.3) is 11.4 Å². The van der Waals surface area contributed by atoms with Gasteiger partial charge in [-0.05, 0) is 18.6 Å². The topological polar surface area (TPSA) is 121 Å². The lowest BCUT2D eigenvalue weighted by Gasteiger charge is -2.12. The zero-order valence-corrected chi connectivity index (χ0v) is 17.1. The maximum Gasteiger partial charge on any atom is 0.264 e. The van der Waals surface area contributed by atoms with Crippen LogP contribution in [0.15, 0.2) is 40.0 Å². The Labute approximate surface area is 171 Å². The second-order valence-electron chi connectivity index (χ2n) is 7.34. The highest BCUT2D eigenvalue weighted by Gasteiger charge is 2.18. The number of carbonyl (C=O) groups excluding carboxylic acids is 1. The molecule has 4 aromatic rings. The molecular weight excluding hydrogens is 386 g/mol. The number of aromatic nitrogens is 6. The highest BCUT2D eigenvalue weighted by Crippen LogP contribution is 2.30. The molecule has 0 aliphatic carbocycles. The van der Waals surface area contributed by atoms with Crippen molar-refractivity contribution in [1.29, 1.82) is 0 Å². The molecule has 0 atom stereocenters. The van der Waals surface area contributed by atoms with Crippen molar-refractivity contribution < 1.29 is 9.32 Å². The average molecular weight is 407 g/mol. The molecule has 0 bridgehead atoms. The van der Waals surface area contributed by atoms with E-state index >= 15 is 0 Å². The molecule has 0 aliphatic heterocycles. The van der Waals surface area contributed by atoms with E-state index in [1.807, 2.05) is 32.9 Å². The van der Waals surface area contributed by atoms with Crippen LogP contribution in [-0.4, -0.2) is 35.4 Å². The first-order valence-corrected chi connectivity index (χ1v) is 9.45. The number of fused-ring (bicyclic) bond motifs is 1. The van der Waals surface area contributed by atoms with Gasteiger partial charge in [-0.15, -0.1) is 0 Å². The number of rotatable bonds is 5. The zero-order chi connectivity index (χ0) is 21.4. The van der Waals surface area contributed by atoms with Gasteiger partial charge in [0.1, 0.15) is 18.3 Å². The molecule has 3 heterocycles. The van der Waals surface area contributed by atoms with Crippen molar-refractivity contribution in [3.8, 4) is 11.5 Å². The third-order valence-electron chi connectivity index (χ3n) is 4.76. The lowest BCUT2D eigenvalue weighted by molar-refractivity contribution is -0.116. The molecule has 0 spiro atoms. The molecule has 1 aromatic carbocycles. The number of hydrogen-bond acceptors (Lipinski definition) is 7. The van der Waals surface area contributed by atoms with Crippen molar-refractivity contribution in [1.82, 2.24) is 29.5 Å². The van der Waals surface area contributed by atoms with E-state index < -0.39 is 0 Å². The third kappa shape index (κ3) is 3.47. The van der Waals surface area contributed by atoms with Gasteiger partial charge in [0.05, 0.1) is 17.4 Å². The summed E-state index contributed by atoms with van der Waals surface area (Å²) in [5, 5.41) is 11.3. The van der Waals surface area contributed by atoms with Gasteiger partial charge in [0.2, 0.25) is 5.91 Å². The Morgan fingerprint density at radius 3 is 2.83 bits per heavy atom. The lowest BCUT2D eigenvalue weighted by Crippen LogP contribution is -2.28. The van der Waals surface area contributed by atoms with Gasteiger partial charge < -0.3 is 9.84 Å². The molecule has 0 radical (unpaired) electrons. The quantitative estimate of drug-likeness (QED) is 0.538. The van der Waals surface area contributed by atoms with Crippen LogP contribution in [0.3, 0.4) is 0 Å². The van der Waals surface area contributed by atoms with Crippen molar-refractivity contribution in [3.05, 3.63) is 52.5 Å². The molecule has 30 heavy (non-hydrogen) atoms. The van der Waals surface area contributed by atoms with Crippen LogP contribution in [0.4, 0.5) is 5.69 Å². The van der Waals surface area contributed by atoms with Crippen LogP contribution in [0.5, 0.6) is 0 Å². The number of nitrogens with one attached hydrogen (secondary N) is 1. The molecule has 1 amide bonds. The van der Waals surface area contributed by atoms with Gasteiger partial charge in [-0.1, -0.05) is 31.1 Å². The SMILES string of the molecule is Cc1cccc(-c2nc(C(C)C)no2)c1NC(=O)Cn1cnc2c(cnn2C)c1=O. The van der Waals surface area contributed by atoms with E-state index in [2.05, 4.69) is 25.5 Å². The fourth-order valence-corrected chi connectivity index (χ4v) is 3.10. The van der Waals surface area contributed by atoms with Crippen LogP contribution in [0, 0.1) is 6.92 Å². The Hall–Kier alpha value is -3.82. The lowest BCUT2D eigenvalue weighted by atomic mass is 10.1. The molecule has 10 heteroatoms. The number of anilines is 1. The number of carbonyl (C=O) groups is 1. The van der Waals surface area contributed by atoms with E-state index in [1.54, 1.807) is 13.1 Å². The van der Waals surface area contributed by atoms with E-state index in [-0.39, 0.29) is 23.9 Å². The molecule has 10 nitrogen and oxygen atoms in total. The summed E-state index contributed by atoms with van der Waals surface area (Å²) in [6.45, 7) is 5.62. The van der Waals surface area contributed by atoms with E-state index in [0.29, 0.717) is 34.0 Å². The maximum absolute atomic E-state index is 12.7. The van der Waals surface area contributed by atoms with Gasteiger partial charge in [0, 0.05) is 13.0 Å². The molecular formula is C20H21N7O3. The van der Waals surface area contributed by atoms with Gasteiger partial charge in [-0.2, -0.15) is 10.1 Å². The Bertz CT molecular complexity index is 1300. The van der Waals surface area contributed by atoms with Crippen LogP contribution >= 0.6 is 0 Å². The molecule has 0 saturated heterocycles. The van der Waals surface area contributed by atoms with Crippen LogP contribution in [0.2, 0.25) is 0 Å². The molecule has 0 unspecified atom stereocenters. The van der Waals surface area contributed by atoms with E-state index in [0.717, 1.165) is 5.56 Å². The first-order valence-electron chi connectivity index (χ1n) is 9.45. The summed E-state index contributed by atoms with van der Waals surface area (Å²) in [5.74, 6) is 0.660. The smallest absolute Gasteiger partial charge is 0.264 e. The second kappa shape index (κ2) is 7.54. The van der Waals surface area contributed by atoms with Gasteiger partial charge in [-0.25, -0.2) is 4.98 Å². The van der Waals surface area contributed by atoms with Crippen molar-refractivity contribution >= 4 is 22.6 Å². The van der Waals surface area contributed by atoms with Crippen LogP contribution in [0.25, 0.3) is 22.5 Å². The first-order chi connectivity index (χ1) is 14.3. The minimum absolute atomic E-state index is 0.118. The summed E-state index contributed by atoms with van der Waals surface area (Å²) in [6, 6.07) is 5.52. The summed E-state index contributed by atoms with van der Waals surface area (Å²) < 4.78 is 8.15. The summed E-state index contributed by atoms with van der Waals surface area (Å²) in [5.41, 5.74) is 2.15. The van der Waals surface area contributed by atoms with Crippen LogP contribution < -0.4 is 10.9 Å². The fourth-order valence-electron chi connectivity index (χ4n) is 3.10. The van der Waals surface area contributed by atoms with Crippen LogP contribution in [0.1, 0.15) is 31.2 Å². The standard InChI is InChI=1S/C20H21N7O3/c1-11(2)17-24-19(30-25-17)13-7-5-6-12(3)16(13)23-15(28)9-27-10-21-18-14(20(27)29)8-22-26(18)4/h5-8,10-11H,9H2,1-4H3,(H,23,28). The second-order valence-corrected chi connectivity index (χ2v) is 7.34. The highest BCUT2D eigenvalue weighted by atomic mass is 16.5. The summed E-state index contributed by atoms with van der Waals surface area (Å²) >= 11 is 0. The largest absolute Gasteiger partial charge is 0.334 e. The Morgan fingerprint density at radius 2 is 2.10 bits per heavy atom. The molecule has 0 saturated carbocycles. The highest BCUT2D eigenvalue weighted by molar-refractivity contribution is 5.95. The minimum Gasteiger partial charge on any atom is -0.334 e. The normalized spacial score (nSPS) is 11.4. The van der Waals surface area contributed by atoms with E-state index in [4.69, 9.17) is 4.52 Å². The molecule has 3 aromatic heterocycles. The molecule has 4 rings (SSSR count). The average Bonchev–Trinajstić information content (AvgIpc) is 3.33. The Kier molecular flexibility index (Phi) is 4.90. The van der Waals surface area contributed by atoms with E-state index in [1.165, 1.54) is 21.8 Å². The summed E-state index contributed by atoms with van der Waals surface area (Å²) in [7, 11) is 1.70. The number of nitrogens with zero attached hydrogens (tertiary/aromatic N) is 6. The van der Waals surface area contributed by atoms with E-state index in [9.17, 15) is 9.59 Å². The molecule has 154 valence electrons. The van der Waals surface area contributed by atoms with Crippen molar-refractivity contribution in [2.24, 2.45) is 7.05 Å². The van der Waals surface area contributed by atoms with Gasteiger partial charge in [0.15, 0.2) is 11.5 Å². The van der Waals surface area contributed by atoms with Crippen molar-refractivity contribution in [2.45, 2.75) is 33.2 Å². The first kappa shape index (κ1) is 19.5. The predicted molar refractivity (Wildman–Crippen MR) is 110 cm³/mol. The maximum atomic E-state index is 12.7. The predicted octanol–water partition coefficient (Wildman–Crippen LogP) is 2.25. The number of amides is 1. The minimum atomic E-state index is -0.374. The van der Waals surface area contributed by atoms with Gasteiger partial charge in [-0.3, -0.25) is 18.8 Å². The summed E-state index contributed by atoms with van der Waals surface area (Å²) in [6.07, 6.45) is 2.79. The van der Waals surface area contributed by atoms with Crippen molar-refractivity contribution in [3.63, 3.8) is 0 Å². The van der Waals surface area contributed by atoms with Crippen molar-refractivity contribution in [2.75, 3.05) is 5.32 Å². The monoisotopic (exact) mass is 407 g/mol. The third-order valence-corrected chi connectivity index (χ3v) is 4.76. The molecule has 0 fully saturated rings. The molecule has 0 aliphatic rings. The summed E-state index contributed by atoms with van der Waals surface area (Å²) in [4.78, 5) is 34.0. The number of aryl methyl sites for hydroxylation is 2. The Balaban J connectivity index is 1.62. The van der Waals surface area contributed by atoms with Gasteiger partial charge >= 0.3 is 0 Å². The Morgan fingerprint density at radius 1 is 1.30 bits per heavy atom. The number of para-hydroxylation sites is 1. The number of hydrogen-bond donors (Lipinski definition) is 1.